The Hall–Kier alpha value is -1.06. The zero-order valence-corrected chi connectivity index (χ0v) is 13.1. The molecule has 2 fully saturated rings. The molecular formula is C18H27NO2. The average molecular weight is 289 g/mol. The number of benzene rings is 1. The Labute approximate surface area is 127 Å². The molecule has 0 amide bonds. The molecule has 0 bridgehead atoms. The van der Waals surface area contributed by atoms with E-state index in [1.807, 2.05) is 0 Å². The summed E-state index contributed by atoms with van der Waals surface area (Å²) in [5.41, 5.74) is 1.23. The van der Waals surface area contributed by atoms with Gasteiger partial charge >= 0.3 is 0 Å². The Kier molecular flexibility index (Phi) is 4.51. The first-order chi connectivity index (χ1) is 10.2. The summed E-state index contributed by atoms with van der Waals surface area (Å²) in [7, 11) is 0. The summed E-state index contributed by atoms with van der Waals surface area (Å²) in [6.07, 6.45) is 7.66. The molecule has 1 aromatic rings. The van der Waals surface area contributed by atoms with Crippen LogP contribution in [-0.2, 0) is 6.54 Å². The van der Waals surface area contributed by atoms with Gasteiger partial charge in [0.25, 0.3) is 0 Å². The smallest absolute Gasteiger partial charge is 0.120 e. The molecule has 2 aliphatic rings. The van der Waals surface area contributed by atoms with E-state index in [2.05, 4.69) is 36.1 Å². The number of aliphatic hydroxyl groups is 1. The SMILES string of the molecule is CC1(CO)CCCN1Cc1cccc(OC2CCCC2)c1. The van der Waals surface area contributed by atoms with Crippen molar-refractivity contribution in [2.45, 2.75) is 63.6 Å². The van der Waals surface area contributed by atoms with Crippen molar-refractivity contribution >= 4 is 0 Å². The van der Waals surface area contributed by atoms with Crippen molar-refractivity contribution in [3.8, 4) is 5.75 Å². The molecule has 1 N–H and O–H groups in total. The number of likely N-dealkylation sites (tertiary alicyclic amines) is 1. The molecule has 116 valence electrons. The van der Waals surface area contributed by atoms with E-state index in [-0.39, 0.29) is 12.1 Å². The lowest BCUT2D eigenvalue weighted by molar-refractivity contribution is 0.0733. The molecule has 1 saturated heterocycles. The van der Waals surface area contributed by atoms with Crippen LogP contribution in [0.25, 0.3) is 0 Å². The molecule has 1 unspecified atom stereocenters. The van der Waals surface area contributed by atoms with E-state index in [1.54, 1.807) is 0 Å². The van der Waals surface area contributed by atoms with Gasteiger partial charge in [-0.1, -0.05) is 12.1 Å². The van der Waals surface area contributed by atoms with E-state index < -0.39 is 0 Å². The van der Waals surface area contributed by atoms with Crippen LogP contribution in [0.1, 0.15) is 51.0 Å². The van der Waals surface area contributed by atoms with Gasteiger partial charge in [0.15, 0.2) is 0 Å². The van der Waals surface area contributed by atoms with Crippen molar-refractivity contribution in [2.24, 2.45) is 0 Å². The minimum Gasteiger partial charge on any atom is -0.490 e. The molecule has 1 heterocycles. The van der Waals surface area contributed by atoms with Crippen molar-refractivity contribution < 1.29 is 9.84 Å². The number of hydrogen-bond acceptors (Lipinski definition) is 3. The van der Waals surface area contributed by atoms with Crippen molar-refractivity contribution in [1.29, 1.82) is 0 Å². The number of rotatable bonds is 5. The largest absolute Gasteiger partial charge is 0.490 e. The molecule has 3 nitrogen and oxygen atoms in total. The normalized spacial score (nSPS) is 27.3. The van der Waals surface area contributed by atoms with Crippen molar-refractivity contribution in [3.05, 3.63) is 29.8 Å². The van der Waals surface area contributed by atoms with Gasteiger partial charge in [-0.25, -0.2) is 0 Å². The maximum Gasteiger partial charge on any atom is 0.120 e. The second-order valence-corrected chi connectivity index (χ2v) is 6.85. The van der Waals surface area contributed by atoms with Crippen LogP contribution < -0.4 is 4.74 Å². The molecule has 0 radical (unpaired) electrons. The van der Waals surface area contributed by atoms with Crippen LogP contribution in [-0.4, -0.2) is 34.8 Å². The Morgan fingerprint density at radius 1 is 1.29 bits per heavy atom. The predicted octanol–water partition coefficient (Wildman–Crippen LogP) is 3.35. The summed E-state index contributed by atoms with van der Waals surface area (Å²) < 4.78 is 6.09. The highest BCUT2D eigenvalue weighted by Gasteiger charge is 2.35. The van der Waals surface area contributed by atoms with E-state index in [4.69, 9.17) is 4.74 Å². The maximum atomic E-state index is 9.65. The molecule has 0 spiro atoms. The van der Waals surface area contributed by atoms with Crippen LogP contribution in [0.5, 0.6) is 5.75 Å². The van der Waals surface area contributed by atoms with E-state index in [9.17, 15) is 5.11 Å². The summed E-state index contributed by atoms with van der Waals surface area (Å²) in [5, 5.41) is 9.65. The monoisotopic (exact) mass is 289 g/mol. The summed E-state index contributed by atoms with van der Waals surface area (Å²) in [6, 6.07) is 8.50. The highest BCUT2D eigenvalue weighted by Crippen LogP contribution is 2.31. The van der Waals surface area contributed by atoms with Crippen LogP contribution in [0, 0.1) is 0 Å². The van der Waals surface area contributed by atoms with E-state index in [0.29, 0.717) is 6.10 Å². The van der Waals surface area contributed by atoms with Crippen molar-refractivity contribution in [2.75, 3.05) is 13.2 Å². The predicted molar refractivity (Wildman–Crippen MR) is 84.5 cm³/mol. The summed E-state index contributed by atoms with van der Waals surface area (Å²) in [4.78, 5) is 2.40. The molecule has 0 aromatic heterocycles. The van der Waals surface area contributed by atoms with Crippen LogP contribution in [0.2, 0.25) is 0 Å². The molecule has 21 heavy (non-hydrogen) atoms. The van der Waals surface area contributed by atoms with Gasteiger partial charge in [0.05, 0.1) is 12.7 Å². The van der Waals surface area contributed by atoms with Crippen molar-refractivity contribution in [1.82, 2.24) is 4.90 Å². The molecule has 1 atom stereocenters. The van der Waals surface area contributed by atoms with Gasteiger partial charge in [-0.05, 0) is 69.7 Å². The van der Waals surface area contributed by atoms with Crippen LogP contribution >= 0.6 is 0 Å². The lowest BCUT2D eigenvalue weighted by Gasteiger charge is -2.33. The van der Waals surface area contributed by atoms with Gasteiger partial charge in [0.2, 0.25) is 0 Å². The van der Waals surface area contributed by atoms with Gasteiger partial charge in [0, 0.05) is 12.1 Å². The molecule has 1 aromatic carbocycles. The summed E-state index contributed by atoms with van der Waals surface area (Å²) >= 11 is 0. The van der Waals surface area contributed by atoms with Gasteiger partial charge in [-0.3, -0.25) is 4.90 Å². The first-order valence-corrected chi connectivity index (χ1v) is 8.31. The van der Waals surface area contributed by atoms with Gasteiger partial charge in [0.1, 0.15) is 5.75 Å². The highest BCUT2D eigenvalue weighted by molar-refractivity contribution is 5.29. The first kappa shape index (κ1) is 14.9. The van der Waals surface area contributed by atoms with E-state index in [1.165, 1.54) is 37.7 Å². The number of hydrogen-bond donors (Lipinski definition) is 1. The Morgan fingerprint density at radius 2 is 2.10 bits per heavy atom. The summed E-state index contributed by atoms with van der Waals surface area (Å²) in [5.74, 6) is 1.00. The maximum absolute atomic E-state index is 9.65. The Bertz CT molecular complexity index is 470. The highest BCUT2D eigenvalue weighted by atomic mass is 16.5. The molecule has 1 saturated carbocycles. The lowest BCUT2D eigenvalue weighted by atomic mass is 10.00. The quantitative estimate of drug-likeness (QED) is 0.902. The molecule has 3 rings (SSSR count). The third-order valence-corrected chi connectivity index (χ3v) is 5.12. The average Bonchev–Trinajstić information content (AvgIpc) is 3.11. The van der Waals surface area contributed by atoms with Crippen LogP contribution in [0.4, 0.5) is 0 Å². The van der Waals surface area contributed by atoms with E-state index >= 15 is 0 Å². The molecular weight excluding hydrogens is 262 g/mol. The third kappa shape index (κ3) is 3.41. The Balaban J connectivity index is 1.65. The topological polar surface area (TPSA) is 32.7 Å². The van der Waals surface area contributed by atoms with Crippen molar-refractivity contribution in [3.63, 3.8) is 0 Å². The van der Waals surface area contributed by atoms with Gasteiger partial charge < -0.3 is 9.84 Å². The zero-order chi connectivity index (χ0) is 14.7. The fourth-order valence-electron chi connectivity index (χ4n) is 3.66. The van der Waals surface area contributed by atoms with Crippen LogP contribution in [0.3, 0.4) is 0 Å². The first-order valence-electron chi connectivity index (χ1n) is 8.31. The third-order valence-electron chi connectivity index (χ3n) is 5.12. The lowest BCUT2D eigenvalue weighted by Crippen LogP contribution is -2.43. The molecule has 1 aliphatic carbocycles. The minimum absolute atomic E-state index is 0.0533. The van der Waals surface area contributed by atoms with Crippen LogP contribution in [0.15, 0.2) is 24.3 Å². The van der Waals surface area contributed by atoms with E-state index in [0.717, 1.165) is 25.3 Å². The Morgan fingerprint density at radius 3 is 2.86 bits per heavy atom. The fourth-order valence-corrected chi connectivity index (χ4v) is 3.66. The number of nitrogens with zero attached hydrogens (tertiary/aromatic N) is 1. The van der Waals surface area contributed by atoms with Gasteiger partial charge in [-0.15, -0.1) is 0 Å². The molecule has 1 aliphatic heterocycles. The number of aliphatic hydroxyl groups excluding tert-OH is 1. The fraction of sp³-hybridized carbons (Fsp3) is 0.667. The second-order valence-electron chi connectivity index (χ2n) is 6.85. The summed E-state index contributed by atoms with van der Waals surface area (Å²) in [6.45, 7) is 4.38. The molecule has 3 heteroatoms. The standard InChI is InChI=1S/C18H27NO2/c1-18(14-20)10-5-11-19(18)13-15-6-4-9-17(12-15)21-16-7-2-3-8-16/h4,6,9,12,16,20H,2-3,5,7-8,10-11,13-14H2,1H3. The number of ether oxygens (including phenoxy) is 1. The van der Waals surface area contributed by atoms with Gasteiger partial charge in [-0.2, -0.15) is 0 Å². The minimum atomic E-state index is -0.0533. The second kappa shape index (κ2) is 6.37. The zero-order valence-electron chi connectivity index (χ0n) is 13.1.